The molecule has 1 aromatic rings. The second-order valence-electron chi connectivity index (χ2n) is 5.04. The Labute approximate surface area is 96.0 Å². The second kappa shape index (κ2) is 4.51. The predicted molar refractivity (Wildman–Crippen MR) is 60.8 cm³/mol. The highest BCUT2D eigenvalue weighted by molar-refractivity contribution is 4.93. The molecule has 16 heavy (non-hydrogen) atoms. The highest BCUT2D eigenvalue weighted by Gasteiger charge is 2.27. The van der Waals surface area contributed by atoms with Crippen LogP contribution in [0.3, 0.4) is 0 Å². The van der Waals surface area contributed by atoms with Gasteiger partial charge in [0.25, 0.3) is 0 Å². The molecule has 2 heterocycles. The van der Waals surface area contributed by atoms with Crippen LogP contribution in [0, 0.1) is 5.92 Å². The quantitative estimate of drug-likeness (QED) is 0.828. The molecule has 0 radical (unpaired) electrons. The monoisotopic (exact) mass is 224 g/mol. The second-order valence-corrected chi connectivity index (χ2v) is 5.04. The van der Waals surface area contributed by atoms with E-state index in [2.05, 4.69) is 35.8 Å². The van der Waals surface area contributed by atoms with Gasteiger partial charge in [-0.15, -0.1) is 0 Å². The van der Waals surface area contributed by atoms with Crippen LogP contribution in [0.25, 0.3) is 0 Å². The molecule has 1 saturated heterocycles. The summed E-state index contributed by atoms with van der Waals surface area (Å²) in [7, 11) is 0. The fourth-order valence-electron chi connectivity index (χ4n) is 1.98. The molecule has 0 saturated carbocycles. The van der Waals surface area contributed by atoms with Gasteiger partial charge in [-0.3, -0.25) is 4.90 Å². The average molecular weight is 224 g/mol. The van der Waals surface area contributed by atoms with E-state index in [4.69, 9.17) is 10.3 Å². The maximum absolute atomic E-state index is 5.97. The topological polar surface area (TPSA) is 68.2 Å². The van der Waals surface area contributed by atoms with Crippen molar-refractivity contribution >= 4 is 0 Å². The fourth-order valence-corrected chi connectivity index (χ4v) is 1.98. The minimum absolute atomic E-state index is 0.271. The molecule has 1 aromatic heterocycles. The Morgan fingerprint density at radius 1 is 1.50 bits per heavy atom. The van der Waals surface area contributed by atoms with Crippen molar-refractivity contribution in [3.63, 3.8) is 0 Å². The highest BCUT2D eigenvalue weighted by Crippen LogP contribution is 2.17. The SMILES string of the molecule is CC(C)c1noc(CN2CC(C)C(N)C2)n1. The lowest BCUT2D eigenvalue weighted by Crippen LogP contribution is -2.28. The maximum atomic E-state index is 5.97. The molecule has 5 heteroatoms. The van der Waals surface area contributed by atoms with Crippen LogP contribution in [0.4, 0.5) is 0 Å². The van der Waals surface area contributed by atoms with Gasteiger partial charge in [0.2, 0.25) is 5.89 Å². The van der Waals surface area contributed by atoms with Crippen LogP contribution in [0.5, 0.6) is 0 Å². The van der Waals surface area contributed by atoms with Gasteiger partial charge in [-0.2, -0.15) is 4.98 Å². The Kier molecular flexibility index (Phi) is 3.25. The molecule has 0 amide bonds. The Hall–Kier alpha value is -0.940. The van der Waals surface area contributed by atoms with Crippen molar-refractivity contribution in [3.05, 3.63) is 11.7 Å². The number of hydrogen-bond acceptors (Lipinski definition) is 5. The van der Waals surface area contributed by atoms with Crippen molar-refractivity contribution in [2.45, 2.75) is 39.3 Å². The van der Waals surface area contributed by atoms with E-state index in [1.807, 2.05) is 0 Å². The predicted octanol–water partition coefficient (Wildman–Crippen LogP) is 0.972. The van der Waals surface area contributed by atoms with E-state index in [1.54, 1.807) is 0 Å². The van der Waals surface area contributed by atoms with Crippen molar-refractivity contribution < 1.29 is 4.52 Å². The molecule has 0 aromatic carbocycles. The molecule has 2 atom stereocenters. The smallest absolute Gasteiger partial charge is 0.240 e. The first-order valence-electron chi connectivity index (χ1n) is 5.86. The Bertz CT molecular complexity index is 340. The van der Waals surface area contributed by atoms with Crippen molar-refractivity contribution in [2.24, 2.45) is 11.7 Å². The zero-order valence-corrected chi connectivity index (χ0v) is 10.2. The lowest BCUT2D eigenvalue weighted by molar-refractivity contribution is 0.260. The molecular weight excluding hydrogens is 204 g/mol. The summed E-state index contributed by atoms with van der Waals surface area (Å²) >= 11 is 0. The van der Waals surface area contributed by atoms with E-state index in [0.29, 0.717) is 17.7 Å². The number of aromatic nitrogens is 2. The van der Waals surface area contributed by atoms with Crippen molar-refractivity contribution in [1.82, 2.24) is 15.0 Å². The van der Waals surface area contributed by atoms with Crippen molar-refractivity contribution in [3.8, 4) is 0 Å². The number of hydrogen-bond donors (Lipinski definition) is 1. The summed E-state index contributed by atoms with van der Waals surface area (Å²) in [4.78, 5) is 6.63. The Morgan fingerprint density at radius 2 is 2.25 bits per heavy atom. The molecule has 1 aliphatic heterocycles. The minimum Gasteiger partial charge on any atom is -0.338 e. The third kappa shape index (κ3) is 2.41. The van der Waals surface area contributed by atoms with Gasteiger partial charge >= 0.3 is 0 Å². The van der Waals surface area contributed by atoms with Gasteiger partial charge in [-0.05, 0) is 5.92 Å². The fraction of sp³-hybridized carbons (Fsp3) is 0.818. The van der Waals surface area contributed by atoms with Crippen molar-refractivity contribution in [2.75, 3.05) is 13.1 Å². The van der Waals surface area contributed by atoms with Crippen LogP contribution in [-0.2, 0) is 6.54 Å². The number of nitrogens with zero attached hydrogens (tertiary/aromatic N) is 3. The first-order chi connectivity index (χ1) is 7.56. The molecule has 2 rings (SSSR count). The van der Waals surface area contributed by atoms with Crippen LogP contribution in [0.15, 0.2) is 4.52 Å². The molecule has 0 aliphatic carbocycles. The number of rotatable bonds is 3. The van der Waals surface area contributed by atoms with Gasteiger partial charge in [-0.25, -0.2) is 0 Å². The van der Waals surface area contributed by atoms with E-state index in [1.165, 1.54) is 0 Å². The van der Waals surface area contributed by atoms with E-state index < -0.39 is 0 Å². The van der Waals surface area contributed by atoms with Gasteiger partial charge < -0.3 is 10.3 Å². The van der Waals surface area contributed by atoms with Crippen LogP contribution >= 0.6 is 0 Å². The van der Waals surface area contributed by atoms with E-state index in [-0.39, 0.29) is 6.04 Å². The van der Waals surface area contributed by atoms with Gasteiger partial charge in [-0.1, -0.05) is 25.9 Å². The molecular formula is C11H20N4O. The summed E-state index contributed by atoms with van der Waals surface area (Å²) in [5, 5.41) is 3.95. The lowest BCUT2D eigenvalue weighted by atomic mass is 10.1. The van der Waals surface area contributed by atoms with Crippen LogP contribution < -0.4 is 5.73 Å². The molecule has 90 valence electrons. The largest absolute Gasteiger partial charge is 0.338 e. The summed E-state index contributed by atoms with van der Waals surface area (Å²) in [6.07, 6.45) is 0. The highest BCUT2D eigenvalue weighted by atomic mass is 16.5. The summed E-state index contributed by atoms with van der Waals surface area (Å²) < 4.78 is 5.21. The summed E-state index contributed by atoms with van der Waals surface area (Å²) in [6, 6.07) is 0.271. The molecule has 2 unspecified atom stereocenters. The van der Waals surface area contributed by atoms with E-state index in [9.17, 15) is 0 Å². The van der Waals surface area contributed by atoms with Gasteiger partial charge in [0.1, 0.15) is 0 Å². The van der Waals surface area contributed by atoms with Crippen LogP contribution in [0.2, 0.25) is 0 Å². The first kappa shape index (κ1) is 11.5. The Balaban J connectivity index is 1.94. The molecule has 1 fully saturated rings. The minimum atomic E-state index is 0.271. The third-order valence-corrected chi connectivity index (χ3v) is 3.11. The molecule has 1 aliphatic rings. The summed E-state index contributed by atoms with van der Waals surface area (Å²) in [6.45, 7) is 8.95. The van der Waals surface area contributed by atoms with Crippen LogP contribution in [-0.4, -0.2) is 34.2 Å². The first-order valence-corrected chi connectivity index (χ1v) is 5.86. The van der Waals surface area contributed by atoms with Crippen molar-refractivity contribution in [1.29, 1.82) is 0 Å². The van der Waals surface area contributed by atoms with E-state index >= 15 is 0 Å². The van der Waals surface area contributed by atoms with Gasteiger partial charge in [0.15, 0.2) is 5.82 Å². The molecule has 2 N–H and O–H groups in total. The zero-order valence-electron chi connectivity index (χ0n) is 10.2. The zero-order chi connectivity index (χ0) is 11.7. The Morgan fingerprint density at radius 3 is 2.75 bits per heavy atom. The summed E-state index contributed by atoms with van der Waals surface area (Å²) in [5.41, 5.74) is 5.97. The van der Waals surface area contributed by atoms with Gasteiger partial charge in [0, 0.05) is 25.0 Å². The normalized spacial score (nSPS) is 26.8. The average Bonchev–Trinajstić information content (AvgIpc) is 2.76. The molecule has 0 spiro atoms. The van der Waals surface area contributed by atoms with Crippen LogP contribution in [0.1, 0.15) is 38.4 Å². The number of nitrogens with two attached hydrogens (primary N) is 1. The maximum Gasteiger partial charge on any atom is 0.240 e. The third-order valence-electron chi connectivity index (χ3n) is 3.11. The standard InChI is InChI=1S/C11H20N4O/c1-7(2)11-13-10(16-14-11)6-15-4-8(3)9(12)5-15/h7-9H,4-6,12H2,1-3H3. The van der Waals surface area contributed by atoms with E-state index in [0.717, 1.165) is 25.5 Å². The van der Waals surface area contributed by atoms with Gasteiger partial charge in [0.05, 0.1) is 6.54 Å². The number of likely N-dealkylation sites (tertiary alicyclic amines) is 1. The molecule has 5 nitrogen and oxygen atoms in total. The molecule has 0 bridgehead atoms. The summed E-state index contributed by atoms with van der Waals surface area (Å²) in [5.74, 6) is 2.35. The lowest BCUT2D eigenvalue weighted by Gasteiger charge is -2.11.